The standard InChI is InChI=1S/C13H22N4O3/c1-6-8-14-12(18)16-11(15-9-10(3)4)17(5)13(19)20-7-2/h6H,1,3,7-9H2,2,4-5H3,(H2,14,15,16,18). The van der Waals surface area contributed by atoms with Crippen molar-refractivity contribution < 1.29 is 14.3 Å². The van der Waals surface area contributed by atoms with Crippen LogP contribution < -0.4 is 10.6 Å². The molecule has 0 aromatic carbocycles. The van der Waals surface area contributed by atoms with Crippen LogP contribution in [0, 0.1) is 0 Å². The van der Waals surface area contributed by atoms with Gasteiger partial charge < -0.3 is 10.1 Å². The summed E-state index contributed by atoms with van der Waals surface area (Å²) in [4.78, 5) is 28.5. The molecular formula is C13H22N4O3. The minimum absolute atomic E-state index is 0.0908. The summed E-state index contributed by atoms with van der Waals surface area (Å²) in [5.41, 5.74) is 0.799. The van der Waals surface area contributed by atoms with Gasteiger partial charge in [0.15, 0.2) is 0 Å². The number of nitrogens with zero attached hydrogens (tertiary/aromatic N) is 2. The molecule has 7 heteroatoms. The Morgan fingerprint density at radius 1 is 1.45 bits per heavy atom. The molecule has 0 aromatic heterocycles. The number of nitrogens with one attached hydrogen (secondary N) is 2. The van der Waals surface area contributed by atoms with Crippen molar-refractivity contribution in [3.63, 3.8) is 0 Å². The minimum atomic E-state index is -0.600. The second kappa shape index (κ2) is 9.60. The monoisotopic (exact) mass is 282 g/mol. The van der Waals surface area contributed by atoms with E-state index in [2.05, 4.69) is 28.8 Å². The molecule has 0 aliphatic heterocycles. The lowest BCUT2D eigenvalue weighted by molar-refractivity contribution is 0.133. The first-order valence-electron chi connectivity index (χ1n) is 6.17. The van der Waals surface area contributed by atoms with E-state index in [1.165, 1.54) is 7.05 Å². The molecule has 112 valence electrons. The highest BCUT2D eigenvalue weighted by atomic mass is 16.6. The van der Waals surface area contributed by atoms with Gasteiger partial charge in [0.25, 0.3) is 0 Å². The first kappa shape index (κ1) is 17.7. The van der Waals surface area contributed by atoms with Crippen molar-refractivity contribution in [1.82, 2.24) is 15.5 Å². The molecule has 0 rings (SSSR count). The summed E-state index contributed by atoms with van der Waals surface area (Å²) in [6.45, 7) is 11.5. The SMILES string of the molecule is C=CCNC(=O)NC(=NCC(=C)C)N(C)C(=O)OCC. The van der Waals surface area contributed by atoms with Gasteiger partial charge in [-0.3, -0.25) is 10.2 Å². The van der Waals surface area contributed by atoms with E-state index in [-0.39, 0.29) is 12.6 Å². The molecule has 0 heterocycles. The summed E-state index contributed by atoms with van der Waals surface area (Å²) >= 11 is 0. The Morgan fingerprint density at radius 2 is 2.10 bits per heavy atom. The molecule has 3 amide bonds. The summed E-state index contributed by atoms with van der Waals surface area (Å²) in [5.74, 6) is 0.0908. The number of carbonyl (C=O) groups is 2. The van der Waals surface area contributed by atoms with Crippen LogP contribution in [0.25, 0.3) is 0 Å². The molecule has 0 radical (unpaired) electrons. The van der Waals surface area contributed by atoms with E-state index in [0.717, 1.165) is 10.5 Å². The zero-order valence-electron chi connectivity index (χ0n) is 12.2. The number of aliphatic imine (C=N–C) groups is 1. The summed E-state index contributed by atoms with van der Waals surface area (Å²) in [6, 6.07) is -0.485. The smallest absolute Gasteiger partial charge is 0.416 e. The van der Waals surface area contributed by atoms with Crippen molar-refractivity contribution in [2.45, 2.75) is 13.8 Å². The van der Waals surface area contributed by atoms with Crippen molar-refractivity contribution >= 4 is 18.1 Å². The Bertz CT molecular complexity index is 404. The average Bonchev–Trinajstić information content (AvgIpc) is 2.40. The predicted octanol–water partition coefficient (Wildman–Crippen LogP) is 1.49. The highest BCUT2D eigenvalue weighted by molar-refractivity contribution is 6.02. The van der Waals surface area contributed by atoms with Gasteiger partial charge in [0, 0.05) is 13.6 Å². The van der Waals surface area contributed by atoms with Crippen LogP contribution in [0.4, 0.5) is 9.59 Å². The van der Waals surface area contributed by atoms with Crippen LogP contribution in [-0.4, -0.2) is 49.7 Å². The van der Waals surface area contributed by atoms with Crippen molar-refractivity contribution in [2.24, 2.45) is 4.99 Å². The van der Waals surface area contributed by atoms with Gasteiger partial charge in [-0.15, -0.1) is 6.58 Å². The second-order valence-corrected chi connectivity index (χ2v) is 3.98. The number of amides is 3. The quantitative estimate of drug-likeness (QED) is 0.455. The third-order valence-electron chi connectivity index (χ3n) is 1.99. The van der Waals surface area contributed by atoms with Crippen molar-refractivity contribution in [1.29, 1.82) is 0 Å². The third kappa shape index (κ3) is 7.20. The molecule has 0 aromatic rings. The van der Waals surface area contributed by atoms with Gasteiger partial charge in [0.2, 0.25) is 5.96 Å². The lowest BCUT2D eigenvalue weighted by Gasteiger charge is -2.19. The highest BCUT2D eigenvalue weighted by Crippen LogP contribution is 1.95. The summed E-state index contributed by atoms with van der Waals surface area (Å²) in [6.07, 6.45) is 0.941. The van der Waals surface area contributed by atoms with Gasteiger partial charge in [-0.05, 0) is 13.8 Å². The fraction of sp³-hybridized carbons (Fsp3) is 0.462. The second-order valence-electron chi connectivity index (χ2n) is 3.98. The van der Waals surface area contributed by atoms with Crippen LogP contribution in [0.1, 0.15) is 13.8 Å². The van der Waals surface area contributed by atoms with Crippen LogP contribution in [-0.2, 0) is 4.74 Å². The predicted molar refractivity (Wildman–Crippen MR) is 78.6 cm³/mol. The van der Waals surface area contributed by atoms with Gasteiger partial charge >= 0.3 is 12.1 Å². The molecule has 7 nitrogen and oxygen atoms in total. The first-order valence-corrected chi connectivity index (χ1v) is 6.17. The van der Waals surface area contributed by atoms with Gasteiger partial charge in [-0.25, -0.2) is 14.6 Å². The van der Waals surface area contributed by atoms with E-state index in [1.54, 1.807) is 19.9 Å². The van der Waals surface area contributed by atoms with E-state index >= 15 is 0 Å². The maximum absolute atomic E-state index is 11.6. The average molecular weight is 282 g/mol. The van der Waals surface area contributed by atoms with Gasteiger partial charge in [0.05, 0.1) is 13.2 Å². The van der Waals surface area contributed by atoms with Crippen LogP contribution in [0.15, 0.2) is 29.8 Å². The maximum Gasteiger partial charge on any atom is 0.416 e. The Morgan fingerprint density at radius 3 is 2.60 bits per heavy atom. The van der Waals surface area contributed by atoms with Crippen LogP contribution in [0.3, 0.4) is 0 Å². The number of ether oxygens (including phenoxy) is 1. The molecule has 0 fully saturated rings. The molecule has 0 atom stereocenters. The van der Waals surface area contributed by atoms with Gasteiger partial charge in [0.1, 0.15) is 0 Å². The summed E-state index contributed by atoms with van der Waals surface area (Å²) < 4.78 is 4.85. The highest BCUT2D eigenvalue weighted by Gasteiger charge is 2.17. The molecule has 0 aliphatic carbocycles. The third-order valence-corrected chi connectivity index (χ3v) is 1.99. The summed E-state index contributed by atoms with van der Waals surface area (Å²) in [5, 5.41) is 5.01. The van der Waals surface area contributed by atoms with E-state index in [4.69, 9.17) is 4.74 Å². The fourth-order valence-electron chi connectivity index (χ4n) is 1.06. The molecule has 0 saturated carbocycles. The van der Waals surface area contributed by atoms with E-state index in [1.807, 2.05) is 0 Å². The Hall–Kier alpha value is -2.31. The lowest BCUT2D eigenvalue weighted by atomic mass is 10.4. The maximum atomic E-state index is 11.6. The Labute approximate surface area is 119 Å². The number of hydrogen-bond acceptors (Lipinski definition) is 4. The lowest BCUT2D eigenvalue weighted by Crippen LogP contribution is -2.48. The Balaban J connectivity index is 4.84. The molecule has 0 unspecified atom stereocenters. The first-order chi connectivity index (χ1) is 9.42. The topological polar surface area (TPSA) is 83.0 Å². The normalized spacial score (nSPS) is 10.4. The number of carbonyl (C=O) groups excluding carboxylic acids is 2. The molecule has 2 N–H and O–H groups in total. The molecule has 0 bridgehead atoms. The number of rotatable bonds is 5. The fourth-order valence-corrected chi connectivity index (χ4v) is 1.06. The van der Waals surface area contributed by atoms with Crippen LogP contribution in [0.5, 0.6) is 0 Å². The zero-order chi connectivity index (χ0) is 15.5. The van der Waals surface area contributed by atoms with E-state index in [0.29, 0.717) is 13.1 Å². The minimum Gasteiger partial charge on any atom is -0.449 e. The molecule has 0 spiro atoms. The van der Waals surface area contributed by atoms with Gasteiger partial charge in [-0.1, -0.05) is 18.2 Å². The number of guanidine groups is 1. The van der Waals surface area contributed by atoms with Crippen LogP contribution >= 0.6 is 0 Å². The molecule has 0 saturated heterocycles. The molecular weight excluding hydrogens is 260 g/mol. The van der Waals surface area contributed by atoms with Gasteiger partial charge in [-0.2, -0.15) is 0 Å². The number of hydrogen-bond donors (Lipinski definition) is 2. The van der Waals surface area contributed by atoms with Crippen molar-refractivity contribution in [3.8, 4) is 0 Å². The Kier molecular flexibility index (Phi) is 8.49. The molecule has 0 aliphatic rings. The van der Waals surface area contributed by atoms with E-state index < -0.39 is 12.1 Å². The van der Waals surface area contributed by atoms with E-state index in [9.17, 15) is 9.59 Å². The van der Waals surface area contributed by atoms with Crippen molar-refractivity contribution in [3.05, 3.63) is 24.8 Å². The molecule has 20 heavy (non-hydrogen) atoms. The van der Waals surface area contributed by atoms with Crippen LogP contribution in [0.2, 0.25) is 0 Å². The largest absolute Gasteiger partial charge is 0.449 e. The summed E-state index contributed by atoms with van der Waals surface area (Å²) in [7, 11) is 1.46. The van der Waals surface area contributed by atoms with Crippen molar-refractivity contribution in [2.75, 3.05) is 26.7 Å². The number of urea groups is 1. The zero-order valence-corrected chi connectivity index (χ0v) is 12.2.